The van der Waals surface area contributed by atoms with Crippen LogP contribution in [0, 0.1) is 11.6 Å². The van der Waals surface area contributed by atoms with Gasteiger partial charge in [-0.3, -0.25) is 4.72 Å². The monoisotopic (exact) mass is 376 g/mol. The molecule has 0 aliphatic heterocycles. The molecule has 2 aromatic rings. The van der Waals surface area contributed by atoms with E-state index >= 15 is 0 Å². The summed E-state index contributed by atoms with van der Waals surface area (Å²) in [5, 5.41) is 0. The minimum atomic E-state index is -3.85. The van der Waals surface area contributed by atoms with E-state index in [0.717, 1.165) is 6.07 Å². The molecule has 0 aliphatic carbocycles. The number of benzene rings is 2. The summed E-state index contributed by atoms with van der Waals surface area (Å²) in [5.74, 6) is -2.18. The van der Waals surface area contributed by atoms with Gasteiger partial charge in [-0.1, -0.05) is 12.1 Å². The van der Waals surface area contributed by atoms with Gasteiger partial charge in [-0.2, -0.15) is 0 Å². The van der Waals surface area contributed by atoms with E-state index in [2.05, 4.69) is 20.7 Å². The molecule has 0 spiro atoms. The first-order valence-electron chi connectivity index (χ1n) is 5.76. The minimum Gasteiger partial charge on any atom is -0.399 e. The number of anilines is 2. The molecular formula is C13H11BrF2N2O2S. The number of nitrogens with two attached hydrogens (primary N) is 1. The van der Waals surface area contributed by atoms with Crippen molar-refractivity contribution in [2.75, 3.05) is 10.5 Å². The number of halogens is 3. The maximum Gasteiger partial charge on any atom is 0.237 e. The summed E-state index contributed by atoms with van der Waals surface area (Å²) >= 11 is 2.87. The standard InChI is InChI=1S/C13H11BrF2N2O2S/c14-10-5-13(12(16)6-11(10)15)18-21(19,20)7-8-2-1-3-9(17)4-8/h1-6,18H,7,17H2. The maximum atomic E-state index is 13.6. The summed E-state index contributed by atoms with van der Waals surface area (Å²) in [7, 11) is -3.85. The Morgan fingerprint density at radius 1 is 1.14 bits per heavy atom. The van der Waals surface area contributed by atoms with Crippen LogP contribution in [0.5, 0.6) is 0 Å². The van der Waals surface area contributed by atoms with E-state index in [1.165, 1.54) is 6.07 Å². The van der Waals surface area contributed by atoms with Gasteiger partial charge in [-0.05, 0) is 39.7 Å². The van der Waals surface area contributed by atoms with E-state index in [-0.39, 0.29) is 15.9 Å². The third-order valence-electron chi connectivity index (χ3n) is 2.58. The molecule has 0 heterocycles. The van der Waals surface area contributed by atoms with Crippen LogP contribution in [0.15, 0.2) is 40.9 Å². The van der Waals surface area contributed by atoms with Gasteiger partial charge in [0, 0.05) is 11.8 Å². The number of nitrogens with one attached hydrogen (secondary N) is 1. The summed E-state index contributed by atoms with van der Waals surface area (Å²) < 4.78 is 52.7. The number of hydrogen-bond acceptors (Lipinski definition) is 3. The first-order valence-corrected chi connectivity index (χ1v) is 8.21. The lowest BCUT2D eigenvalue weighted by Crippen LogP contribution is -2.16. The van der Waals surface area contributed by atoms with Crippen molar-refractivity contribution < 1.29 is 17.2 Å². The third kappa shape index (κ3) is 4.15. The van der Waals surface area contributed by atoms with Gasteiger partial charge >= 0.3 is 0 Å². The minimum absolute atomic E-state index is 0.0365. The van der Waals surface area contributed by atoms with Gasteiger partial charge in [-0.15, -0.1) is 0 Å². The Balaban J connectivity index is 2.24. The van der Waals surface area contributed by atoms with E-state index in [1.54, 1.807) is 18.2 Å². The van der Waals surface area contributed by atoms with Crippen molar-refractivity contribution in [1.29, 1.82) is 0 Å². The lowest BCUT2D eigenvalue weighted by molar-refractivity contribution is 0.579. The van der Waals surface area contributed by atoms with Crippen LogP contribution in [-0.4, -0.2) is 8.42 Å². The molecule has 2 aromatic carbocycles. The number of rotatable bonds is 4. The fourth-order valence-corrected chi connectivity index (χ4v) is 3.23. The topological polar surface area (TPSA) is 72.2 Å². The van der Waals surface area contributed by atoms with Crippen molar-refractivity contribution in [1.82, 2.24) is 0 Å². The van der Waals surface area contributed by atoms with Crippen LogP contribution in [-0.2, 0) is 15.8 Å². The molecule has 0 saturated heterocycles. The summed E-state index contributed by atoms with van der Waals surface area (Å²) in [6, 6.07) is 7.97. The molecule has 0 radical (unpaired) electrons. The summed E-state index contributed by atoms with van der Waals surface area (Å²) in [6.45, 7) is 0. The molecule has 2 rings (SSSR count). The van der Waals surface area contributed by atoms with E-state index in [4.69, 9.17) is 5.73 Å². The highest BCUT2D eigenvalue weighted by Gasteiger charge is 2.16. The van der Waals surface area contributed by atoms with Crippen molar-refractivity contribution in [3.05, 3.63) is 58.1 Å². The van der Waals surface area contributed by atoms with Gasteiger partial charge in [0.1, 0.15) is 11.6 Å². The Morgan fingerprint density at radius 3 is 2.52 bits per heavy atom. The Labute approximate surface area is 129 Å². The Morgan fingerprint density at radius 2 is 1.86 bits per heavy atom. The van der Waals surface area contributed by atoms with E-state index in [0.29, 0.717) is 17.3 Å². The van der Waals surface area contributed by atoms with E-state index in [1.807, 2.05) is 0 Å². The van der Waals surface area contributed by atoms with Crippen LogP contribution in [0.4, 0.5) is 20.2 Å². The van der Waals surface area contributed by atoms with Gasteiger partial charge in [0.2, 0.25) is 10.0 Å². The SMILES string of the molecule is Nc1cccc(CS(=O)(=O)Nc2cc(Br)c(F)cc2F)c1. The lowest BCUT2D eigenvalue weighted by atomic mass is 10.2. The number of hydrogen-bond donors (Lipinski definition) is 2. The maximum absolute atomic E-state index is 13.6. The molecular weight excluding hydrogens is 366 g/mol. The summed E-state index contributed by atoms with van der Waals surface area (Å²) in [6.07, 6.45) is 0. The second-order valence-electron chi connectivity index (χ2n) is 4.35. The highest BCUT2D eigenvalue weighted by atomic mass is 79.9. The molecule has 0 bridgehead atoms. The molecule has 3 N–H and O–H groups in total. The van der Waals surface area contributed by atoms with Gasteiger partial charge in [0.25, 0.3) is 0 Å². The normalized spacial score (nSPS) is 11.4. The van der Waals surface area contributed by atoms with E-state index < -0.39 is 21.7 Å². The van der Waals surface area contributed by atoms with Crippen molar-refractivity contribution in [2.45, 2.75) is 5.75 Å². The zero-order valence-electron chi connectivity index (χ0n) is 10.6. The van der Waals surface area contributed by atoms with Crippen molar-refractivity contribution in [3.63, 3.8) is 0 Å². The van der Waals surface area contributed by atoms with Gasteiger partial charge < -0.3 is 5.73 Å². The third-order valence-corrected chi connectivity index (χ3v) is 4.44. The van der Waals surface area contributed by atoms with Crippen LogP contribution >= 0.6 is 15.9 Å². The van der Waals surface area contributed by atoms with Crippen LogP contribution in [0.1, 0.15) is 5.56 Å². The highest BCUT2D eigenvalue weighted by Crippen LogP contribution is 2.25. The van der Waals surface area contributed by atoms with Crippen LogP contribution < -0.4 is 10.5 Å². The molecule has 0 amide bonds. The molecule has 0 aliphatic rings. The van der Waals surface area contributed by atoms with Crippen molar-refractivity contribution >= 4 is 37.3 Å². The first-order chi connectivity index (χ1) is 9.77. The fraction of sp³-hybridized carbons (Fsp3) is 0.0769. The van der Waals surface area contributed by atoms with E-state index in [9.17, 15) is 17.2 Å². The van der Waals surface area contributed by atoms with Crippen molar-refractivity contribution in [3.8, 4) is 0 Å². The van der Waals surface area contributed by atoms with Crippen molar-refractivity contribution in [2.24, 2.45) is 0 Å². The smallest absolute Gasteiger partial charge is 0.237 e. The Bertz CT molecular complexity index is 782. The number of nitrogen functional groups attached to an aromatic ring is 1. The molecule has 112 valence electrons. The molecule has 0 fully saturated rings. The molecule has 0 atom stereocenters. The molecule has 0 saturated carbocycles. The fourth-order valence-electron chi connectivity index (χ4n) is 1.71. The Kier molecular flexibility index (Phi) is 4.48. The van der Waals surface area contributed by atoms with Crippen LogP contribution in [0.25, 0.3) is 0 Å². The summed E-state index contributed by atoms with van der Waals surface area (Å²) in [4.78, 5) is 0. The molecule has 4 nitrogen and oxygen atoms in total. The largest absolute Gasteiger partial charge is 0.399 e. The van der Waals surface area contributed by atoms with Crippen LogP contribution in [0.2, 0.25) is 0 Å². The molecule has 8 heteroatoms. The Hall–Kier alpha value is -1.67. The molecule has 0 unspecified atom stereocenters. The second-order valence-corrected chi connectivity index (χ2v) is 6.93. The first kappa shape index (κ1) is 15.7. The molecule has 0 aromatic heterocycles. The predicted molar refractivity (Wildman–Crippen MR) is 81.2 cm³/mol. The zero-order chi connectivity index (χ0) is 15.6. The van der Waals surface area contributed by atoms with Gasteiger partial charge in [-0.25, -0.2) is 17.2 Å². The average Bonchev–Trinajstić information content (AvgIpc) is 2.35. The number of sulfonamides is 1. The predicted octanol–water partition coefficient (Wildman–Crippen LogP) is 3.25. The highest BCUT2D eigenvalue weighted by molar-refractivity contribution is 9.10. The summed E-state index contributed by atoms with van der Waals surface area (Å²) in [5.41, 5.74) is 6.13. The van der Waals surface area contributed by atoms with Gasteiger partial charge in [0.15, 0.2) is 0 Å². The molecule has 21 heavy (non-hydrogen) atoms. The van der Waals surface area contributed by atoms with Gasteiger partial charge in [0.05, 0.1) is 15.9 Å². The second kappa shape index (κ2) is 5.98. The lowest BCUT2D eigenvalue weighted by Gasteiger charge is -2.10. The quantitative estimate of drug-likeness (QED) is 0.635. The zero-order valence-corrected chi connectivity index (χ0v) is 13.0. The average molecular weight is 377 g/mol. The van der Waals surface area contributed by atoms with Crippen LogP contribution in [0.3, 0.4) is 0 Å².